The molecule has 0 amide bonds. The van der Waals surface area contributed by atoms with Crippen LogP contribution in [0.25, 0.3) is 0 Å². The van der Waals surface area contributed by atoms with Crippen LogP contribution in [0.3, 0.4) is 0 Å². The van der Waals surface area contributed by atoms with Gasteiger partial charge in [0.15, 0.2) is 0 Å². The first-order valence-corrected chi connectivity index (χ1v) is 9.49. The lowest BCUT2D eigenvalue weighted by molar-refractivity contribution is 0.484. The fraction of sp³-hybridized carbons (Fsp3) is 0.727. The molecule has 0 aromatic rings. The molecule has 1 atom stereocenters. The van der Waals surface area contributed by atoms with Gasteiger partial charge in [0.05, 0.1) is 0 Å². The van der Waals surface area contributed by atoms with Crippen molar-refractivity contribution in [3.8, 4) is 0 Å². The molecule has 0 spiro atoms. The molecule has 0 N–H and O–H groups in total. The Balaban J connectivity index is 3.68. The van der Waals surface area contributed by atoms with Crippen LogP contribution in [0.5, 0.6) is 0 Å². The van der Waals surface area contributed by atoms with E-state index in [0.717, 1.165) is 18.8 Å². The second kappa shape index (κ2) is 13.9. The number of hydrogen-bond donors (Lipinski definition) is 0. The van der Waals surface area contributed by atoms with Crippen LogP contribution in [0.4, 0.5) is 0 Å². The van der Waals surface area contributed by atoms with Crippen LogP contribution in [0.1, 0.15) is 97.8 Å². The van der Waals surface area contributed by atoms with Gasteiger partial charge >= 0.3 is 0 Å². The molecule has 0 saturated carbocycles. The zero-order chi connectivity index (χ0) is 16.8. The summed E-state index contributed by atoms with van der Waals surface area (Å²) in [6.07, 6.45) is 14.8. The fourth-order valence-electron chi connectivity index (χ4n) is 2.63. The Morgan fingerprint density at radius 2 is 1.00 bits per heavy atom. The molecule has 128 valence electrons. The number of unbranched alkanes of at least 4 members (excludes halogenated alkanes) is 2. The van der Waals surface area contributed by atoms with E-state index in [-0.39, 0.29) is 0 Å². The molecule has 0 aromatic carbocycles. The van der Waals surface area contributed by atoms with E-state index in [1.165, 1.54) is 80.9 Å². The predicted molar refractivity (Wildman–Crippen MR) is 103 cm³/mol. The molecule has 0 aliphatic carbocycles. The van der Waals surface area contributed by atoms with Crippen LogP contribution in [0, 0.1) is 5.92 Å². The molecule has 1 unspecified atom stereocenters. The maximum absolute atomic E-state index is 4.26. The summed E-state index contributed by atoms with van der Waals surface area (Å²) in [4.78, 5) is 0. The summed E-state index contributed by atoms with van der Waals surface area (Å²) in [5, 5.41) is 0. The Morgan fingerprint density at radius 3 is 1.41 bits per heavy atom. The topological polar surface area (TPSA) is 0 Å². The van der Waals surface area contributed by atoms with Crippen molar-refractivity contribution in [1.82, 2.24) is 0 Å². The van der Waals surface area contributed by atoms with E-state index in [1.807, 2.05) is 0 Å². The van der Waals surface area contributed by atoms with Crippen molar-refractivity contribution in [2.24, 2.45) is 5.92 Å². The molecule has 0 heteroatoms. The van der Waals surface area contributed by atoms with Crippen molar-refractivity contribution in [3.63, 3.8) is 0 Å². The van der Waals surface area contributed by atoms with Gasteiger partial charge in [-0.25, -0.2) is 0 Å². The molecule has 0 saturated heterocycles. The molecule has 0 aliphatic heterocycles. The Bertz CT molecular complexity index is 321. The third-order valence-electron chi connectivity index (χ3n) is 4.58. The minimum absolute atomic E-state index is 0.790. The smallest absolute Gasteiger partial charge is 0.0286 e. The molecular weight excluding hydrogens is 264 g/mol. The molecule has 0 aliphatic rings. The molecule has 0 bridgehead atoms. The monoisotopic (exact) mass is 304 g/mol. The van der Waals surface area contributed by atoms with Gasteiger partial charge in [-0.05, 0) is 70.1 Å². The van der Waals surface area contributed by atoms with Crippen molar-refractivity contribution >= 4 is 0 Å². The Hall–Kier alpha value is -0.780. The van der Waals surface area contributed by atoms with Gasteiger partial charge in [-0.2, -0.15) is 0 Å². The van der Waals surface area contributed by atoms with Crippen LogP contribution in [-0.4, -0.2) is 0 Å². The van der Waals surface area contributed by atoms with Crippen molar-refractivity contribution in [2.45, 2.75) is 97.8 Å². The number of rotatable bonds is 15. The highest BCUT2D eigenvalue weighted by Crippen LogP contribution is 2.23. The summed E-state index contributed by atoms with van der Waals surface area (Å²) in [5.74, 6) is 0.790. The maximum atomic E-state index is 4.26. The summed E-state index contributed by atoms with van der Waals surface area (Å²) in [6.45, 7) is 19.5. The van der Waals surface area contributed by atoms with Gasteiger partial charge in [0.1, 0.15) is 0 Å². The normalized spacial score (nSPS) is 12.1. The van der Waals surface area contributed by atoms with E-state index < -0.39 is 0 Å². The lowest BCUT2D eigenvalue weighted by atomic mass is 9.92. The molecule has 22 heavy (non-hydrogen) atoms. The van der Waals surface area contributed by atoms with Crippen molar-refractivity contribution in [3.05, 3.63) is 36.5 Å². The lowest BCUT2D eigenvalue weighted by Crippen LogP contribution is -1.97. The van der Waals surface area contributed by atoms with E-state index >= 15 is 0 Å². The highest BCUT2D eigenvalue weighted by atomic mass is 14.1. The van der Waals surface area contributed by atoms with E-state index in [0.29, 0.717) is 0 Å². The first-order valence-electron chi connectivity index (χ1n) is 9.49. The minimum Gasteiger partial charge on any atom is -0.0999 e. The first kappa shape index (κ1) is 21.2. The molecular formula is C22H40. The third-order valence-corrected chi connectivity index (χ3v) is 4.58. The Kier molecular flexibility index (Phi) is 13.4. The first-order chi connectivity index (χ1) is 10.5. The molecule has 0 nitrogen and oxygen atoms in total. The van der Waals surface area contributed by atoms with E-state index in [4.69, 9.17) is 0 Å². The van der Waals surface area contributed by atoms with Gasteiger partial charge in [0, 0.05) is 0 Å². The van der Waals surface area contributed by atoms with Crippen LogP contribution in [-0.2, 0) is 0 Å². The molecule has 0 fully saturated rings. The van der Waals surface area contributed by atoms with Gasteiger partial charge in [-0.3, -0.25) is 0 Å². The summed E-state index contributed by atoms with van der Waals surface area (Å²) < 4.78 is 0. The van der Waals surface area contributed by atoms with Gasteiger partial charge in [-0.1, -0.05) is 70.1 Å². The molecule has 0 heterocycles. The van der Waals surface area contributed by atoms with Crippen molar-refractivity contribution in [2.75, 3.05) is 0 Å². The summed E-state index contributed by atoms with van der Waals surface area (Å²) in [5.41, 5.74) is 4.26. The minimum atomic E-state index is 0.790. The van der Waals surface area contributed by atoms with Gasteiger partial charge in [-0.15, -0.1) is 0 Å². The number of hydrogen-bond acceptors (Lipinski definition) is 0. The zero-order valence-corrected chi connectivity index (χ0v) is 15.7. The van der Waals surface area contributed by atoms with E-state index in [9.17, 15) is 0 Å². The highest BCUT2D eigenvalue weighted by molar-refractivity contribution is 5.02. The molecule has 0 rings (SSSR count). The van der Waals surface area contributed by atoms with Crippen molar-refractivity contribution < 1.29 is 0 Å². The molecule has 0 radical (unpaired) electrons. The fourth-order valence-corrected chi connectivity index (χ4v) is 2.63. The van der Waals surface area contributed by atoms with Crippen molar-refractivity contribution in [1.29, 1.82) is 0 Å². The van der Waals surface area contributed by atoms with E-state index in [1.54, 1.807) is 0 Å². The Labute approximate surface area is 140 Å². The van der Waals surface area contributed by atoms with Gasteiger partial charge in [0.25, 0.3) is 0 Å². The van der Waals surface area contributed by atoms with Crippen LogP contribution in [0.2, 0.25) is 0 Å². The van der Waals surface area contributed by atoms with Gasteiger partial charge < -0.3 is 0 Å². The SMILES string of the molecule is C=C(CCCC)CCC(=C)CCC(C)CCC(=C)CCCC. The third kappa shape index (κ3) is 12.9. The van der Waals surface area contributed by atoms with Crippen LogP contribution >= 0.6 is 0 Å². The highest BCUT2D eigenvalue weighted by Gasteiger charge is 2.05. The van der Waals surface area contributed by atoms with Crippen LogP contribution in [0.15, 0.2) is 36.5 Å². The quantitative estimate of drug-likeness (QED) is 0.269. The predicted octanol–water partition coefficient (Wildman–Crippen LogP) is 8.01. The second-order valence-corrected chi connectivity index (χ2v) is 7.14. The zero-order valence-electron chi connectivity index (χ0n) is 15.7. The van der Waals surface area contributed by atoms with Crippen LogP contribution < -0.4 is 0 Å². The maximum Gasteiger partial charge on any atom is -0.0286 e. The average Bonchev–Trinajstić information content (AvgIpc) is 2.52. The summed E-state index contributed by atoms with van der Waals surface area (Å²) in [7, 11) is 0. The Morgan fingerprint density at radius 1 is 0.636 bits per heavy atom. The lowest BCUT2D eigenvalue weighted by Gasteiger charge is -2.14. The second-order valence-electron chi connectivity index (χ2n) is 7.14. The standard InChI is InChI=1S/C22H40/c1-7-9-11-19(3)13-15-21(5)17-18-22(6)16-14-20(4)12-10-8-2/h22H,3-5,7-18H2,1-2,6H3. The summed E-state index contributed by atoms with van der Waals surface area (Å²) in [6, 6.07) is 0. The number of allylic oxidation sites excluding steroid dienone is 3. The van der Waals surface area contributed by atoms with E-state index in [2.05, 4.69) is 40.5 Å². The van der Waals surface area contributed by atoms with Gasteiger partial charge in [0.2, 0.25) is 0 Å². The largest absolute Gasteiger partial charge is 0.0999 e. The summed E-state index contributed by atoms with van der Waals surface area (Å²) >= 11 is 0. The average molecular weight is 305 g/mol. The molecule has 0 aromatic heterocycles.